The molecule has 1 aromatic rings. The summed E-state index contributed by atoms with van der Waals surface area (Å²) in [5.41, 5.74) is 4.22. The van der Waals surface area contributed by atoms with Crippen molar-refractivity contribution in [1.82, 2.24) is 5.01 Å². The van der Waals surface area contributed by atoms with Gasteiger partial charge in [-0.15, -0.1) is 0 Å². The van der Waals surface area contributed by atoms with Crippen molar-refractivity contribution in [3.63, 3.8) is 0 Å². The predicted molar refractivity (Wildman–Crippen MR) is 69.2 cm³/mol. The Hall–Kier alpha value is -1.80. The molecule has 0 bridgehead atoms. The van der Waals surface area contributed by atoms with Crippen LogP contribution in [0.15, 0.2) is 23.2 Å². The molecule has 1 aliphatic rings. The Morgan fingerprint density at radius 1 is 1.56 bits per heavy atom. The Morgan fingerprint density at radius 3 is 3.00 bits per heavy atom. The highest BCUT2D eigenvalue weighted by Gasteiger charge is 2.09. The van der Waals surface area contributed by atoms with Gasteiger partial charge >= 0.3 is 0 Å². The van der Waals surface area contributed by atoms with E-state index in [1.54, 1.807) is 36.7 Å². The molecule has 18 heavy (non-hydrogen) atoms. The van der Waals surface area contributed by atoms with E-state index in [-0.39, 0.29) is 0 Å². The molecule has 98 valence electrons. The van der Waals surface area contributed by atoms with Crippen LogP contribution in [0, 0.1) is 0 Å². The van der Waals surface area contributed by atoms with Gasteiger partial charge in [-0.05, 0) is 18.2 Å². The van der Waals surface area contributed by atoms with Gasteiger partial charge in [0.25, 0.3) is 0 Å². The number of rotatable bonds is 5. The highest BCUT2D eigenvalue weighted by molar-refractivity contribution is 7.80. The van der Waals surface area contributed by atoms with Crippen LogP contribution in [0.3, 0.4) is 0 Å². The summed E-state index contributed by atoms with van der Waals surface area (Å²) in [6.07, 6.45) is 1.69. The zero-order valence-corrected chi connectivity index (χ0v) is 10.6. The molecule has 0 saturated heterocycles. The first-order valence-corrected chi connectivity index (χ1v) is 6.34. The molecule has 0 saturated carbocycles. The molecular weight excluding hydrogens is 256 g/mol. The Morgan fingerprint density at radius 2 is 2.39 bits per heavy atom. The number of benzene rings is 1. The number of nitrogens with one attached hydrogen (secondary N) is 2. The van der Waals surface area contributed by atoms with Crippen molar-refractivity contribution in [2.75, 3.05) is 30.3 Å². The fraction of sp³-hybridized carbons (Fsp3) is 0.300. The van der Waals surface area contributed by atoms with Gasteiger partial charge in [-0.25, -0.2) is 0 Å². The minimum Gasteiger partial charge on any atom is -0.755 e. The molecule has 0 amide bonds. The second-order valence-electron chi connectivity index (χ2n) is 3.58. The number of hydrazine groups is 1. The summed E-state index contributed by atoms with van der Waals surface area (Å²) in [7, 11) is 1.55. The highest BCUT2D eigenvalue weighted by atomic mass is 32.2. The number of aliphatic imine (C=N–C) groups is 1. The van der Waals surface area contributed by atoms with Crippen molar-refractivity contribution < 1.29 is 13.5 Å². The van der Waals surface area contributed by atoms with E-state index in [1.165, 1.54) is 0 Å². The molecule has 0 aliphatic carbocycles. The average molecular weight is 269 g/mol. The fourth-order valence-corrected chi connectivity index (χ4v) is 1.89. The lowest BCUT2D eigenvalue weighted by atomic mass is 10.2. The van der Waals surface area contributed by atoms with Gasteiger partial charge in [0.2, 0.25) is 0 Å². The van der Waals surface area contributed by atoms with Crippen LogP contribution in [-0.4, -0.2) is 40.3 Å². The van der Waals surface area contributed by atoms with Crippen LogP contribution in [0.1, 0.15) is 0 Å². The van der Waals surface area contributed by atoms with Crippen molar-refractivity contribution >= 4 is 29.0 Å². The summed E-state index contributed by atoms with van der Waals surface area (Å²) in [6, 6.07) is 4.96. The number of methoxy groups -OCH3 is 1. The molecule has 0 fully saturated rings. The minimum atomic E-state index is -2.35. The molecule has 1 heterocycles. The SMILES string of the molecule is COc1ccc(NS(=O)[O-])cc1NN1C=NCC1. The molecule has 8 heteroatoms. The van der Waals surface area contributed by atoms with Crippen molar-refractivity contribution in [2.24, 2.45) is 4.99 Å². The van der Waals surface area contributed by atoms with Crippen molar-refractivity contribution in [3.8, 4) is 5.75 Å². The molecule has 2 N–H and O–H groups in total. The fourth-order valence-electron chi connectivity index (χ4n) is 1.57. The maximum absolute atomic E-state index is 10.6. The third-order valence-corrected chi connectivity index (χ3v) is 2.76. The number of ether oxygens (including phenoxy) is 1. The summed E-state index contributed by atoms with van der Waals surface area (Å²) >= 11 is -2.35. The van der Waals surface area contributed by atoms with Crippen molar-refractivity contribution in [3.05, 3.63) is 18.2 Å². The largest absolute Gasteiger partial charge is 0.755 e. The third kappa shape index (κ3) is 3.11. The average Bonchev–Trinajstić information content (AvgIpc) is 2.81. The first kappa shape index (κ1) is 12.7. The molecular formula is C10H13N4O3S-. The molecule has 1 aromatic carbocycles. The van der Waals surface area contributed by atoms with Gasteiger partial charge in [0.1, 0.15) is 12.1 Å². The molecule has 0 radical (unpaired) electrons. The van der Waals surface area contributed by atoms with Crippen molar-refractivity contribution in [1.29, 1.82) is 0 Å². The quantitative estimate of drug-likeness (QED) is 0.763. The molecule has 1 aliphatic heterocycles. The van der Waals surface area contributed by atoms with Crippen LogP contribution in [0.5, 0.6) is 5.75 Å². The lowest BCUT2D eigenvalue weighted by Crippen LogP contribution is -2.26. The highest BCUT2D eigenvalue weighted by Crippen LogP contribution is 2.28. The second-order valence-corrected chi connectivity index (χ2v) is 4.25. The molecule has 0 aromatic heterocycles. The third-order valence-electron chi connectivity index (χ3n) is 2.36. The van der Waals surface area contributed by atoms with Crippen LogP contribution in [0.4, 0.5) is 11.4 Å². The van der Waals surface area contributed by atoms with Gasteiger partial charge in [-0.2, -0.15) is 0 Å². The Labute approximate surface area is 107 Å². The van der Waals surface area contributed by atoms with Crippen LogP contribution >= 0.6 is 0 Å². The zero-order chi connectivity index (χ0) is 13.0. The van der Waals surface area contributed by atoms with E-state index in [0.717, 1.165) is 13.1 Å². The molecule has 2 rings (SSSR count). The topological polar surface area (TPSA) is 89.0 Å². The smallest absolute Gasteiger partial charge is 0.143 e. The van der Waals surface area contributed by atoms with Gasteiger partial charge in [0.15, 0.2) is 0 Å². The van der Waals surface area contributed by atoms with Gasteiger partial charge in [0.05, 0.1) is 25.9 Å². The molecule has 0 spiro atoms. The standard InChI is InChI=1S/C10H14N4O3S/c1-17-10-3-2-8(13-18(15)16)6-9(10)12-14-5-4-11-7-14/h2-3,6-7,12-13H,4-5H2,1H3,(H,15,16)/p-1. The number of anilines is 2. The van der Waals surface area contributed by atoms with E-state index in [9.17, 15) is 8.76 Å². The minimum absolute atomic E-state index is 0.461. The van der Waals surface area contributed by atoms with Crippen LogP contribution in [0.25, 0.3) is 0 Å². The van der Waals surface area contributed by atoms with E-state index in [4.69, 9.17) is 4.74 Å². The first-order chi connectivity index (χ1) is 8.69. The number of nitrogens with zero attached hydrogens (tertiary/aromatic N) is 2. The van der Waals surface area contributed by atoms with E-state index < -0.39 is 11.3 Å². The second kappa shape index (κ2) is 5.69. The summed E-state index contributed by atoms with van der Waals surface area (Å²) in [6.45, 7) is 1.49. The van der Waals surface area contributed by atoms with E-state index in [0.29, 0.717) is 17.1 Å². The lowest BCUT2D eigenvalue weighted by molar-refractivity contribution is 0.413. The maximum atomic E-state index is 10.6. The van der Waals surface area contributed by atoms with Crippen LogP contribution in [0.2, 0.25) is 0 Å². The van der Waals surface area contributed by atoms with E-state index in [2.05, 4.69) is 15.1 Å². The van der Waals surface area contributed by atoms with E-state index >= 15 is 0 Å². The van der Waals surface area contributed by atoms with Crippen LogP contribution in [-0.2, 0) is 11.3 Å². The summed E-state index contributed by atoms with van der Waals surface area (Å²) in [4.78, 5) is 4.07. The summed E-state index contributed by atoms with van der Waals surface area (Å²) in [5, 5.41) is 1.80. The normalized spacial score (nSPS) is 15.6. The Balaban J connectivity index is 2.18. The maximum Gasteiger partial charge on any atom is 0.143 e. The van der Waals surface area contributed by atoms with Gasteiger partial charge in [-0.3, -0.25) is 19.6 Å². The van der Waals surface area contributed by atoms with Gasteiger partial charge in [0, 0.05) is 17.0 Å². The monoisotopic (exact) mass is 269 g/mol. The van der Waals surface area contributed by atoms with Crippen LogP contribution < -0.4 is 14.9 Å². The number of hydrogen-bond acceptors (Lipinski definition) is 6. The lowest BCUT2D eigenvalue weighted by Gasteiger charge is -2.20. The predicted octanol–water partition coefficient (Wildman–Crippen LogP) is 0.572. The van der Waals surface area contributed by atoms with Crippen molar-refractivity contribution in [2.45, 2.75) is 0 Å². The van der Waals surface area contributed by atoms with Gasteiger partial charge in [-0.1, -0.05) is 0 Å². The van der Waals surface area contributed by atoms with Gasteiger partial charge < -0.3 is 14.0 Å². The molecule has 1 atom stereocenters. The van der Waals surface area contributed by atoms with E-state index in [1.807, 2.05) is 0 Å². The summed E-state index contributed by atoms with van der Waals surface area (Å²) < 4.78 is 28.7. The summed E-state index contributed by atoms with van der Waals surface area (Å²) in [5.74, 6) is 0.623. The number of hydrogen-bond donors (Lipinski definition) is 2. The first-order valence-electron chi connectivity index (χ1n) is 5.26. The Kier molecular flexibility index (Phi) is 4.00. The zero-order valence-electron chi connectivity index (χ0n) is 9.75. The molecule has 7 nitrogen and oxygen atoms in total. The Bertz CT molecular complexity index is 480. The molecule has 1 unspecified atom stereocenters.